The van der Waals surface area contributed by atoms with Crippen LogP contribution in [0.5, 0.6) is 0 Å². The summed E-state index contributed by atoms with van der Waals surface area (Å²) in [5.41, 5.74) is 2.08. The fourth-order valence-corrected chi connectivity index (χ4v) is 0.989. The smallest absolute Gasteiger partial charge is 0.0895 e. The summed E-state index contributed by atoms with van der Waals surface area (Å²) in [4.78, 5) is 4.04. The van der Waals surface area contributed by atoms with Gasteiger partial charge in [-0.05, 0) is 18.2 Å². The zero-order valence-electron chi connectivity index (χ0n) is 5.46. The molecule has 10 heavy (non-hydrogen) atoms. The normalized spacial score (nSPS) is 14.0. The lowest BCUT2D eigenvalue weighted by atomic mass is 10.2. The van der Waals surface area contributed by atoms with E-state index in [9.17, 15) is 0 Å². The predicted molar refractivity (Wildman–Crippen MR) is 40.6 cm³/mol. The van der Waals surface area contributed by atoms with Crippen molar-refractivity contribution in [2.45, 2.75) is 0 Å². The molecule has 1 aliphatic rings. The zero-order valence-corrected chi connectivity index (χ0v) is 5.46. The lowest BCUT2D eigenvalue weighted by Crippen LogP contribution is -2.04. The van der Waals surface area contributed by atoms with Crippen molar-refractivity contribution in [3.05, 3.63) is 30.1 Å². The molecule has 0 fully saturated rings. The number of pyridine rings is 1. The van der Waals surface area contributed by atoms with E-state index in [0.29, 0.717) is 0 Å². The summed E-state index contributed by atoms with van der Waals surface area (Å²) >= 11 is 0. The third-order valence-electron chi connectivity index (χ3n) is 1.47. The van der Waals surface area contributed by atoms with E-state index in [1.807, 2.05) is 24.3 Å². The van der Waals surface area contributed by atoms with Crippen molar-refractivity contribution in [2.24, 2.45) is 0 Å². The Morgan fingerprint density at radius 1 is 1.60 bits per heavy atom. The molecule has 0 saturated carbocycles. The van der Waals surface area contributed by atoms with Crippen LogP contribution in [-0.2, 0) is 0 Å². The van der Waals surface area contributed by atoms with Crippen LogP contribution in [0.25, 0.3) is 6.08 Å². The second-order valence-corrected chi connectivity index (χ2v) is 2.16. The van der Waals surface area contributed by atoms with Crippen LogP contribution < -0.4 is 5.32 Å². The van der Waals surface area contributed by atoms with Crippen molar-refractivity contribution >= 4 is 11.8 Å². The van der Waals surface area contributed by atoms with Crippen LogP contribution in [0.4, 0.5) is 5.69 Å². The Labute approximate surface area is 59.6 Å². The second kappa shape index (κ2) is 2.14. The molecule has 1 aromatic rings. The third-order valence-corrected chi connectivity index (χ3v) is 1.47. The molecule has 0 bridgehead atoms. The van der Waals surface area contributed by atoms with Crippen molar-refractivity contribution in [3.63, 3.8) is 0 Å². The monoisotopic (exact) mass is 131 g/mol. The molecule has 1 aromatic heterocycles. The molecule has 2 heteroatoms. The van der Waals surface area contributed by atoms with Crippen LogP contribution in [0.1, 0.15) is 5.69 Å². The molecule has 0 aliphatic carbocycles. The van der Waals surface area contributed by atoms with Gasteiger partial charge >= 0.3 is 0 Å². The van der Waals surface area contributed by atoms with Gasteiger partial charge in [-0.3, -0.25) is 0 Å². The van der Waals surface area contributed by atoms with Gasteiger partial charge in [-0.25, -0.2) is 4.98 Å². The van der Waals surface area contributed by atoms with E-state index in [1.54, 1.807) is 0 Å². The van der Waals surface area contributed by atoms with Crippen LogP contribution in [0, 0.1) is 6.20 Å². The van der Waals surface area contributed by atoms with Gasteiger partial charge in [-0.1, -0.05) is 6.08 Å². The number of rotatable bonds is 0. The lowest BCUT2D eigenvalue weighted by Gasteiger charge is -2.09. The van der Waals surface area contributed by atoms with Crippen LogP contribution in [0.2, 0.25) is 0 Å². The Bertz CT molecular complexity index is 266. The first-order chi connectivity index (χ1) is 4.97. The lowest BCUT2D eigenvalue weighted by molar-refractivity contribution is 1.21. The van der Waals surface area contributed by atoms with Gasteiger partial charge in [0.15, 0.2) is 0 Å². The van der Waals surface area contributed by atoms with Crippen molar-refractivity contribution in [1.82, 2.24) is 4.98 Å². The number of aromatic nitrogens is 1. The zero-order chi connectivity index (χ0) is 6.81. The summed E-state index contributed by atoms with van der Waals surface area (Å²) in [7, 11) is 0. The highest BCUT2D eigenvalue weighted by molar-refractivity contribution is 5.66. The molecular formula is C8H7N2. The topological polar surface area (TPSA) is 24.9 Å². The summed E-state index contributed by atoms with van der Waals surface area (Å²) in [6.45, 7) is 0.901. The van der Waals surface area contributed by atoms with Crippen molar-refractivity contribution < 1.29 is 0 Å². The molecular weight excluding hydrogens is 124 g/mol. The minimum atomic E-state index is 0.901. The fraction of sp³-hybridized carbons (Fsp3) is 0.125. The summed E-state index contributed by atoms with van der Waals surface area (Å²) in [6, 6.07) is 3.79. The fourth-order valence-electron chi connectivity index (χ4n) is 0.989. The molecule has 1 N–H and O–H groups in total. The average molecular weight is 131 g/mol. The SMILES string of the molecule is [c]1ccc2c(n1)C=CCN2. The van der Waals surface area contributed by atoms with Gasteiger partial charge in [0.05, 0.1) is 17.6 Å². The number of hydrogen-bond donors (Lipinski definition) is 1. The molecule has 2 nitrogen and oxygen atoms in total. The molecule has 1 radical (unpaired) electrons. The highest BCUT2D eigenvalue weighted by Gasteiger charge is 2.00. The summed E-state index contributed by atoms with van der Waals surface area (Å²) in [5.74, 6) is 0. The van der Waals surface area contributed by atoms with Crippen LogP contribution >= 0.6 is 0 Å². The highest BCUT2D eigenvalue weighted by Crippen LogP contribution is 2.15. The molecule has 1 aliphatic heterocycles. The van der Waals surface area contributed by atoms with E-state index in [1.165, 1.54) is 0 Å². The molecule has 0 amide bonds. The summed E-state index contributed by atoms with van der Waals surface area (Å²) < 4.78 is 0. The number of fused-ring (bicyclic) bond motifs is 1. The van der Waals surface area contributed by atoms with E-state index in [2.05, 4.69) is 16.5 Å². The first-order valence-electron chi connectivity index (χ1n) is 3.24. The first kappa shape index (κ1) is 5.47. The Kier molecular flexibility index (Phi) is 1.17. The van der Waals surface area contributed by atoms with Crippen molar-refractivity contribution in [2.75, 3.05) is 11.9 Å². The Morgan fingerprint density at radius 3 is 3.50 bits per heavy atom. The van der Waals surface area contributed by atoms with Gasteiger partial charge in [0.25, 0.3) is 0 Å². The number of nitrogens with one attached hydrogen (secondary N) is 1. The van der Waals surface area contributed by atoms with Crippen LogP contribution in [0.3, 0.4) is 0 Å². The van der Waals surface area contributed by atoms with Crippen LogP contribution in [-0.4, -0.2) is 11.5 Å². The summed E-state index contributed by atoms with van der Waals surface area (Å²) in [6.07, 6.45) is 6.83. The Hall–Kier alpha value is -1.31. The molecule has 49 valence electrons. The first-order valence-corrected chi connectivity index (χ1v) is 3.24. The number of anilines is 1. The largest absolute Gasteiger partial charge is 0.380 e. The predicted octanol–water partition coefficient (Wildman–Crippen LogP) is 1.32. The second-order valence-electron chi connectivity index (χ2n) is 2.16. The maximum Gasteiger partial charge on any atom is 0.0895 e. The van der Waals surface area contributed by atoms with E-state index in [-0.39, 0.29) is 0 Å². The van der Waals surface area contributed by atoms with Crippen molar-refractivity contribution in [1.29, 1.82) is 0 Å². The highest BCUT2D eigenvalue weighted by atomic mass is 14.9. The van der Waals surface area contributed by atoms with Gasteiger partial charge in [0, 0.05) is 6.54 Å². The average Bonchev–Trinajstić information content (AvgIpc) is 2.05. The number of hydrogen-bond acceptors (Lipinski definition) is 2. The minimum Gasteiger partial charge on any atom is -0.380 e. The molecule has 2 heterocycles. The Balaban J connectivity index is 2.54. The van der Waals surface area contributed by atoms with Crippen LogP contribution in [0.15, 0.2) is 18.2 Å². The molecule has 0 atom stereocenters. The maximum absolute atomic E-state index is 4.04. The third kappa shape index (κ3) is 0.778. The van der Waals surface area contributed by atoms with Gasteiger partial charge in [0.1, 0.15) is 0 Å². The molecule has 0 aromatic carbocycles. The van der Waals surface area contributed by atoms with E-state index in [4.69, 9.17) is 0 Å². The molecule has 0 saturated heterocycles. The molecule has 2 rings (SSSR count). The van der Waals surface area contributed by atoms with Gasteiger partial charge in [0.2, 0.25) is 0 Å². The standard InChI is InChI=1S/C8H7N2/c1-3-7-8(9-5-1)4-2-6-10-7/h1-4,9H,5H2. The van der Waals surface area contributed by atoms with Gasteiger partial charge in [-0.2, -0.15) is 0 Å². The van der Waals surface area contributed by atoms with E-state index in [0.717, 1.165) is 17.9 Å². The van der Waals surface area contributed by atoms with E-state index < -0.39 is 0 Å². The quantitative estimate of drug-likeness (QED) is 0.574. The van der Waals surface area contributed by atoms with E-state index >= 15 is 0 Å². The number of nitrogens with zero attached hydrogens (tertiary/aromatic N) is 1. The van der Waals surface area contributed by atoms with Gasteiger partial charge < -0.3 is 5.32 Å². The molecule has 0 spiro atoms. The molecule has 0 unspecified atom stereocenters. The summed E-state index contributed by atoms with van der Waals surface area (Å²) in [5, 5.41) is 3.19. The Morgan fingerprint density at radius 2 is 2.60 bits per heavy atom. The minimum absolute atomic E-state index is 0.901. The van der Waals surface area contributed by atoms with Gasteiger partial charge in [-0.15, -0.1) is 0 Å². The van der Waals surface area contributed by atoms with Crippen molar-refractivity contribution in [3.8, 4) is 0 Å². The maximum atomic E-state index is 4.04.